The Bertz CT molecular complexity index is 556. The summed E-state index contributed by atoms with van der Waals surface area (Å²) in [4.78, 5) is 2.50. The van der Waals surface area contributed by atoms with Crippen LogP contribution >= 0.6 is 0 Å². The lowest BCUT2D eigenvalue weighted by Crippen LogP contribution is -2.38. The van der Waals surface area contributed by atoms with Crippen molar-refractivity contribution in [1.29, 1.82) is 0 Å². The van der Waals surface area contributed by atoms with Gasteiger partial charge in [-0.15, -0.1) is 0 Å². The first-order chi connectivity index (χ1) is 10.1. The van der Waals surface area contributed by atoms with Gasteiger partial charge in [0.15, 0.2) is 9.84 Å². The zero-order valence-electron chi connectivity index (χ0n) is 12.7. The average molecular weight is 311 g/mol. The molecule has 0 amide bonds. The highest BCUT2D eigenvalue weighted by molar-refractivity contribution is 7.91. The van der Waals surface area contributed by atoms with Gasteiger partial charge < -0.3 is 10.0 Å². The van der Waals surface area contributed by atoms with Crippen LogP contribution in [-0.4, -0.2) is 38.5 Å². The summed E-state index contributed by atoms with van der Waals surface area (Å²) in [6, 6.07) is 7.23. The van der Waals surface area contributed by atoms with Crippen molar-refractivity contribution in [2.75, 3.05) is 23.8 Å². The van der Waals surface area contributed by atoms with Crippen LogP contribution in [0.2, 0.25) is 0 Å². The Morgan fingerprint density at radius 1 is 1.24 bits per heavy atom. The highest BCUT2D eigenvalue weighted by atomic mass is 32.2. The number of hydrogen-bond donors (Lipinski definition) is 1. The van der Waals surface area contributed by atoms with E-state index in [1.54, 1.807) is 12.1 Å². The molecule has 0 spiro atoms. The Labute approximate surface area is 127 Å². The van der Waals surface area contributed by atoms with Gasteiger partial charge in [-0.3, -0.25) is 0 Å². The molecule has 1 atom stereocenters. The van der Waals surface area contributed by atoms with Gasteiger partial charge in [-0.2, -0.15) is 0 Å². The molecule has 4 nitrogen and oxygen atoms in total. The van der Waals surface area contributed by atoms with Crippen LogP contribution in [0.15, 0.2) is 29.2 Å². The second-order valence-corrected chi connectivity index (χ2v) is 7.74. The minimum atomic E-state index is -3.26. The van der Waals surface area contributed by atoms with Crippen molar-refractivity contribution in [2.45, 2.75) is 50.0 Å². The Balaban J connectivity index is 2.43. The number of nitrogens with zero attached hydrogens (tertiary/aromatic N) is 1. The summed E-state index contributed by atoms with van der Waals surface area (Å²) in [5.41, 5.74) is 0.756. The summed E-state index contributed by atoms with van der Waals surface area (Å²) in [6.07, 6.45) is 4.79. The standard InChI is InChI=1S/C16H25NO3S/c1-2-12-21(19,20)16-10-6-5-9-15(16)17-11-7-3-4-8-14(17)13-18/h5-6,9-10,14,18H,2-4,7-8,11-13H2,1H3. The summed E-state index contributed by atoms with van der Waals surface area (Å²) in [5, 5.41) is 9.65. The van der Waals surface area contributed by atoms with E-state index in [1.165, 1.54) is 0 Å². The number of sulfone groups is 1. The van der Waals surface area contributed by atoms with E-state index in [1.807, 2.05) is 19.1 Å². The van der Waals surface area contributed by atoms with Gasteiger partial charge >= 0.3 is 0 Å². The smallest absolute Gasteiger partial charge is 0.180 e. The van der Waals surface area contributed by atoms with Gasteiger partial charge in [0.1, 0.15) is 0 Å². The molecule has 1 aromatic carbocycles. The summed E-state index contributed by atoms with van der Waals surface area (Å²) in [7, 11) is -3.26. The third-order valence-corrected chi connectivity index (χ3v) is 6.03. The molecule has 1 aliphatic rings. The first-order valence-corrected chi connectivity index (χ1v) is 9.44. The van der Waals surface area contributed by atoms with Crippen molar-refractivity contribution < 1.29 is 13.5 Å². The molecule has 1 N–H and O–H groups in total. The molecule has 21 heavy (non-hydrogen) atoms. The topological polar surface area (TPSA) is 57.6 Å². The number of aliphatic hydroxyl groups is 1. The Morgan fingerprint density at radius 2 is 2.00 bits per heavy atom. The summed E-state index contributed by atoms with van der Waals surface area (Å²) in [5.74, 6) is 0.168. The number of anilines is 1. The fourth-order valence-corrected chi connectivity index (χ4v) is 4.57. The normalized spacial score (nSPS) is 20.3. The molecule has 1 fully saturated rings. The molecule has 1 saturated heterocycles. The minimum absolute atomic E-state index is 0.0190. The maximum atomic E-state index is 12.5. The van der Waals surface area contributed by atoms with Crippen molar-refractivity contribution in [3.05, 3.63) is 24.3 Å². The largest absolute Gasteiger partial charge is 0.394 e. The van der Waals surface area contributed by atoms with Gasteiger partial charge in [0.25, 0.3) is 0 Å². The van der Waals surface area contributed by atoms with Gasteiger partial charge in [-0.25, -0.2) is 8.42 Å². The Morgan fingerprint density at radius 3 is 2.71 bits per heavy atom. The van der Waals surface area contributed by atoms with E-state index in [-0.39, 0.29) is 18.4 Å². The molecular formula is C16H25NO3S. The molecular weight excluding hydrogens is 286 g/mol. The van der Waals surface area contributed by atoms with E-state index in [0.29, 0.717) is 11.3 Å². The second kappa shape index (κ2) is 7.27. The first-order valence-electron chi connectivity index (χ1n) is 7.79. The predicted octanol–water partition coefficient (Wildman–Crippen LogP) is 2.61. The van der Waals surface area contributed by atoms with Crippen molar-refractivity contribution in [1.82, 2.24) is 0 Å². The second-order valence-electron chi connectivity index (χ2n) is 5.67. The number of aliphatic hydroxyl groups excluding tert-OH is 1. The van der Waals surface area contributed by atoms with E-state index in [2.05, 4.69) is 4.90 Å². The molecule has 1 aromatic rings. The molecule has 0 radical (unpaired) electrons. The third-order valence-electron chi connectivity index (χ3n) is 4.07. The molecule has 1 unspecified atom stereocenters. The van der Waals surface area contributed by atoms with Gasteiger partial charge in [0.2, 0.25) is 0 Å². The van der Waals surface area contributed by atoms with Gasteiger partial charge in [-0.1, -0.05) is 31.9 Å². The van der Waals surface area contributed by atoms with Crippen molar-refractivity contribution >= 4 is 15.5 Å². The SMILES string of the molecule is CCCS(=O)(=O)c1ccccc1N1CCCCCC1CO. The quantitative estimate of drug-likeness (QED) is 0.908. The molecule has 2 rings (SSSR count). The van der Waals surface area contributed by atoms with Crippen LogP contribution in [0.5, 0.6) is 0 Å². The molecule has 5 heteroatoms. The van der Waals surface area contributed by atoms with Crippen molar-refractivity contribution in [3.8, 4) is 0 Å². The summed E-state index contributed by atoms with van der Waals surface area (Å²) < 4.78 is 25.0. The Kier molecular flexibility index (Phi) is 5.65. The summed E-state index contributed by atoms with van der Waals surface area (Å²) >= 11 is 0. The number of para-hydroxylation sites is 1. The minimum Gasteiger partial charge on any atom is -0.394 e. The number of rotatable bonds is 5. The highest BCUT2D eigenvalue weighted by Crippen LogP contribution is 2.31. The lowest BCUT2D eigenvalue weighted by atomic mass is 10.1. The predicted molar refractivity (Wildman–Crippen MR) is 85.5 cm³/mol. The van der Waals surface area contributed by atoms with Crippen LogP contribution in [0.3, 0.4) is 0 Å². The van der Waals surface area contributed by atoms with Crippen molar-refractivity contribution in [2.24, 2.45) is 0 Å². The number of benzene rings is 1. The lowest BCUT2D eigenvalue weighted by Gasteiger charge is -2.32. The molecule has 0 aromatic heterocycles. The fraction of sp³-hybridized carbons (Fsp3) is 0.625. The molecule has 1 aliphatic heterocycles. The fourth-order valence-electron chi connectivity index (χ4n) is 3.02. The molecule has 118 valence electrons. The molecule has 0 bridgehead atoms. The highest BCUT2D eigenvalue weighted by Gasteiger charge is 2.26. The van der Waals surface area contributed by atoms with Crippen LogP contribution in [0.4, 0.5) is 5.69 Å². The van der Waals surface area contributed by atoms with Gasteiger partial charge in [0.05, 0.1) is 29.0 Å². The summed E-state index contributed by atoms with van der Waals surface area (Å²) in [6.45, 7) is 2.76. The average Bonchev–Trinajstić information content (AvgIpc) is 2.72. The molecule has 1 heterocycles. The van der Waals surface area contributed by atoms with Crippen LogP contribution in [0, 0.1) is 0 Å². The van der Waals surface area contributed by atoms with Gasteiger partial charge in [-0.05, 0) is 31.4 Å². The van der Waals surface area contributed by atoms with Crippen molar-refractivity contribution in [3.63, 3.8) is 0 Å². The molecule has 0 saturated carbocycles. The van der Waals surface area contributed by atoms with E-state index < -0.39 is 9.84 Å². The van der Waals surface area contributed by atoms with Crippen LogP contribution < -0.4 is 4.90 Å². The maximum Gasteiger partial charge on any atom is 0.180 e. The monoisotopic (exact) mass is 311 g/mol. The van der Waals surface area contributed by atoms with E-state index >= 15 is 0 Å². The van der Waals surface area contributed by atoms with Crippen LogP contribution in [0.1, 0.15) is 39.0 Å². The van der Waals surface area contributed by atoms with Gasteiger partial charge in [0, 0.05) is 6.54 Å². The van der Waals surface area contributed by atoms with Crippen LogP contribution in [-0.2, 0) is 9.84 Å². The lowest BCUT2D eigenvalue weighted by molar-refractivity contribution is 0.254. The zero-order valence-corrected chi connectivity index (χ0v) is 13.5. The van der Waals surface area contributed by atoms with E-state index in [0.717, 1.165) is 37.9 Å². The maximum absolute atomic E-state index is 12.5. The number of hydrogen-bond acceptors (Lipinski definition) is 4. The van der Waals surface area contributed by atoms with E-state index in [4.69, 9.17) is 0 Å². The Hall–Kier alpha value is -1.07. The first kappa shape index (κ1) is 16.3. The van der Waals surface area contributed by atoms with Crippen LogP contribution in [0.25, 0.3) is 0 Å². The van der Waals surface area contributed by atoms with E-state index in [9.17, 15) is 13.5 Å². The zero-order chi connectivity index (χ0) is 15.3. The third kappa shape index (κ3) is 3.77. The molecule has 0 aliphatic carbocycles.